The summed E-state index contributed by atoms with van der Waals surface area (Å²) in [5.74, 6) is 0.494. The van der Waals surface area contributed by atoms with Crippen LogP contribution in [-0.2, 0) is 0 Å². The molecule has 0 fully saturated rings. The molecule has 0 aliphatic heterocycles. The lowest BCUT2D eigenvalue weighted by molar-refractivity contribution is 1.23. The molecule has 3 aromatic rings. The molecule has 88 valence electrons. The van der Waals surface area contributed by atoms with Crippen molar-refractivity contribution in [3.63, 3.8) is 0 Å². The minimum atomic E-state index is 0.494. The molecule has 4 nitrogen and oxygen atoms in total. The summed E-state index contributed by atoms with van der Waals surface area (Å²) in [5.41, 5.74) is 9.78. The maximum Gasteiger partial charge on any atom is 0.134 e. The van der Waals surface area contributed by atoms with Gasteiger partial charge in [0.15, 0.2) is 0 Å². The summed E-state index contributed by atoms with van der Waals surface area (Å²) >= 11 is 0. The minimum Gasteiger partial charge on any atom is -0.383 e. The largest absolute Gasteiger partial charge is 0.383 e. The van der Waals surface area contributed by atoms with Gasteiger partial charge in [0.2, 0.25) is 0 Å². The highest BCUT2D eigenvalue weighted by molar-refractivity contribution is 5.91. The molecule has 0 bridgehead atoms. The van der Waals surface area contributed by atoms with Gasteiger partial charge in [0.1, 0.15) is 12.1 Å². The van der Waals surface area contributed by atoms with E-state index in [-0.39, 0.29) is 0 Å². The van der Waals surface area contributed by atoms with E-state index in [4.69, 9.17) is 5.73 Å². The van der Waals surface area contributed by atoms with Crippen LogP contribution in [0.2, 0.25) is 0 Å². The molecule has 0 aliphatic rings. The van der Waals surface area contributed by atoms with E-state index in [2.05, 4.69) is 15.0 Å². The van der Waals surface area contributed by atoms with Gasteiger partial charge >= 0.3 is 0 Å². The number of anilines is 1. The van der Waals surface area contributed by atoms with Crippen LogP contribution in [0.3, 0.4) is 0 Å². The molecule has 4 heteroatoms. The van der Waals surface area contributed by atoms with E-state index in [1.807, 2.05) is 43.5 Å². The van der Waals surface area contributed by atoms with Crippen LogP contribution in [0, 0.1) is 6.92 Å². The second-order valence-corrected chi connectivity index (χ2v) is 4.21. The lowest BCUT2D eigenvalue weighted by Gasteiger charge is -2.04. The molecule has 2 heterocycles. The first-order chi connectivity index (χ1) is 8.74. The van der Waals surface area contributed by atoms with E-state index < -0.39 is 0 Å². The Morgan fingerprint density at radius 2 is 1.89 bits per heavy atom. The van der Waals surface area contributed by atoms with Crippen molar-refractivity contribution in [2.75, 3.05) is 5.73 Å². The number of benzene rings is 1. The molecule has 18 heavy (non-hydrogen) atoms. The topological polar surface area (TPSA) is 64.7 Å². The number of nitrogen functional groups attached to an aromatic ring is 1. The van der Waals surface area contributed by atoms with E-state index in [1.54, 1.807) is 0 Å². The molecule has 0 spiro atoms. The monoisotopic (exact) mass is 236 g/mol. The number of nitrogens with two attached hydrogens (primary N) is 1. The third-order valence-corrected chi connectivity index (χ3v) is 2.87. The van der Waals surface area contributed by atoms with Crippen LogP contribution in [0.4, 0.5) is 5.82 Å². The molecular weight excluding hydrogens is 224 g/mol. The van der Waals surface area contributed by atoms with Crippen LogP contribution in [0.25, 0.3) is 22.2 Å². The quantitative estimate of drug-likeness (QED) is 0.705. The molecule has 2 aromatic heterocycles. The molecule has 0 atom stereocenters. The average molecular weight is 236 g/mol. The van der Waals surface area contributed by atoms with Crippen molar-refractivity contribution >= 4 is 16.7 Å². The van der Waals surface area contributed by atoms with Gasteiger partial charge in [-0.25, -0.2) is 9.97 Å². The molecule has 3 rings (SSSR count). The summed E-state index contributed by atoms with van der Waals surface area (Å²) < 4.78 is 0. The summed E-state index contributed by atoms with van der Waals surface area (Å²) in [6.07, 6.45) is 3.33. The second-order valence-electron chi connectivity index (χ2n) is 4.21. The predicted molar refractivity (Wildman–Crippen MR) is 71.9 cm³/mol. The van der Waals surface area contributed by atoms with E-state index in [0.29, 0.717) is 5.82 Å². The summed E-state index contributed by atoms with van der Waals surface area (Å²) in [6, 6.07) is 9.94. The lowest BCUT2D eigenvalue weighted by atomic mass is 10.1. The van der Waals surface area contributed by atoms with E-state index >= 15 is 0 Å². The third kappa shape index (κ3) is 1.78. The fourth-order valence-corrected chi connectivity index (χ4v) is 1.87. The molecule has 2 N–H and O–H groups in total. The SMILES string of the molecule is Cc1ccc(-c2ccc3ncnc(N)c3c2)nc1. The van der Waals surface area contributed by atoms with Gasteiger partial charge in [-0.05, 0) is 30.7 Å². The van der Waals surface area contributed by atoms with Crippen LogP contribution in [-0.4, -0.2) is 15.0 Å². The predicted octanol–water partition coefficient (Wildman–Crippen LogP) is 2.58. The van der Waals surface area contributed by atoms with Crippen molar-refractivity contribution in [1.29, 1.82) is 0 Å². The van der Waals surface area contributed by atoms with Crippen LogP contribution in [0.15, 0.2) is 42.9 Å². The first-order valence-corrected chi connectivity index (χ1v) is 5.67. The van der Waals surface area contributed by atoms with Crippen molar-refractivity contribution in [2.45, 2.75) is 6.92 Å². The lowest BCUT2D eigenvalue weighted by Crippen LogP contribution is -1.93. The molecule has 0 radical (unpaired) electrons. The number of aryl methyl sites for hydroxylation is 1. The normalized spacial score (nSPS) is 10.7. The number of rotatable bonds is 1. The highest BCUT2D eigenvalue weighted by atomic mass is 14.9. The summed E-state index contributed by atoms with van der Waals surface area (Å²) in [7, 11) is 0. The van der Waals surface area contributed by atoms with Gasteiger partial charge in [-0.1, -0.05) is 12.1 Å². The van der Waals surface area contributed by atoms with E-state index in [9.17, 15) is 0 Å². The van der Waals surface area contributed by atoms with Crippen LogP contribution < -0.4 is 5.73 Å². The average Bonchev–Trinajstić information content (AvgIpc) is 2.40. The summed E-state index contributed by atoms with van der Waals surface area (Å²) in [4.78, 5) is 12.6. The first-order valence-electron chi connectivity index (χ1n) is 5.67. The molecule has 1 aromatic carbocycles. The zero-order valence-electron chi connectivity index (χ0n) is 9.96. The van der Waals surface area contributed by atoms with Crippen molar-refractivity contribution in [3.8, 4) is 11.3 Å². The fourth-order valence-electron chi connectivity index (χ4n) is 1.87. The van der Waals surface area contributed by atoms with Gasteiger partial charge in [-0.2, -0.15) is 0 Å². The number of pyridine rings is 1. The third-order valence-electron chi connectivity index (χ3n) is 2.87. The van der Waals surface area contributed by atoms with E-state index in [0.717, 1.165) is 27.7 Å². The maximum absolute atomic E-state index is 5.86. The smallest absolute Gasteiger partial charge is 0.134 e. The molecule has 0 aliphatic carbocycles. The number of hydrogen-bond donors (Lipinski definition) is 1. The zero-order chi connectivity index (χ0) is 12.5. The van der Waals surface area contributed by atoms with Crippen LogP contribution in [0.5, 0.6) is 0 Å². The number of hydrogen-bond acceptors (Lipinski definition) is 4. The highest BCUT2D eigenvalue weighted by Crippen LogP contribution is 2.24. The Morgan fingerprint density at radius 1 is 1.00 bits per heavy atom. The van der Waals surface area contributed by atoms with Gasteiger partial charge in [0, 0.05) is 17.1 Å². The van der Waals surface area contributed by atoms with Gasteiger partial charge in [-0.15, -0.1) is 0 Å². The molecule has 0 amide bonds. The highest BCUT2D eigenvalue weighted by Gasteiger charge is 2.04. The zero-order valence-corrected chi connectivity index (χ0v) is 9.96. The standard InChI is InChI=1S/C14H12N4/c1-9-2-4-12(16-7-9)10-3-5-13-11(6-10)14(15)18-8-17-13/h2-8H,1H3,(H2,15,17,18). The molecule has 0 saturated heterocycles. The number of aromatic nitrogens is 3. The van der Waals surface area contributed by atoms with E-state index in [1.165, 1.54) is 6.33 Å². The first kappa shape index (κ1) is 10.7. The second kappa shape index (κ2) is 4.07. The van der Waals surface area contributed by atoms with Gasteiger partial charge in [-0.3, -0.25) is 4.98 Å². The Bertz CT molecular complexity index is 705. The Hall–Kier alpha value is -2.49. The van der Waals surface area contributed by atoms with Crippen LogP contribution in [0.1, 0.15) is 5.56 Å². The van der Waals surface area contributed by atoms with Crippen LogP contribution >= 0.6 is 0 Å². The molecule has 0 unspecified atom stereocenters. The van der Waals surface area contributed by atoms with Gasteiger partial charge in [0.05, 0.1) is 11.2 Å². The molecule has 0 saturated carbocycles. The van der Waals surface area contributed by atoms with Gasteiger partial charge < -0.3 is 5.73 Å². The van der Waals surface area contributed by atoms with Crippen molar-refractivity contribution in [1.82, 2.24) is 15.0 Å². The van der Waals surface area contributed by atoms with Crippen molar-refractivity contribution in [2.24, 2.45) is 0 Å². The summed E-state index contributed by atoms with van der Waals surface area (Å²) in [6.45, 7) is 2.02. The maximum atomic E-state index is 5.86. The van der Waals surface area contributed by atoms with Gasteiger partial charge in [0.25, 0.3) is 0 Å². The fraction of sp³-hybridized carbons (Fsp3) is 0.0714. The van der Waals surface area contributed by atoms with Crippen molar-refractivity contribution < 1.29 is 0 Å². The number of nitrogens with zero attached hydrogens (tertiary/aromatic N) is 3. The number of fused-ring (bicyclic) bond motifs is 1. The Morgan fingerprint density at radius 3 is 2.67 bits per heavy atom. The molecular formula is C14H12N4. The summed E-state index contributed by atoms with van der Waals surface area (Å²) in [5, 5.41) is 0.859. The van der Waals surface area contributed by atoms with Crippen molar-refractivity contribution in [3.05, 3.63) is 48.4 Å². The minimum absolute atomic E-state index is 0.494. The Labute approximate surface area is 105 Å². The Kier molecular flexibility index (Phi) is 2.41. The Balaban J connectivity index is 2.18.